The number of nitrogens with zero attached hydrogens (tertiary/aromatic N) is 4. The fourth-order valence-electron chi connectivity index (χ4n) is 5.22. The van der Waals surface area contributed by atoms with E-state index in [0.29, 0.717) is 6.04 Å². The number of carbonyl (C=O) groups excluding carboxylic acids is 1. The second-order valence-corrected chi connectivity index (χ2v) is 10.6. The summed E-state index contributed by atoms with van der Waals surface area (Å²) in [5.74, 6) is 0.876. The molecule has 0 bridgehead atoms. The van der Waals surface area contributed by atoms with Gasteiger partial charge in [-0.25, -0.2) is 0 Å². The molecule has 0 atom stereocenters. The van der Waals surface area contributed by atoms with E-state index in [1.54, 1.807) is 7.11 Å². The molecule has 6 nitrogen and oxygen atoms in total. The van der Waals surface area contributed by atoms with E-state index in [0.717, 1.165) is 82.1 Å². The van der Waals surface area contributed by atoms with Crippen LogP contribution in [0.15, 0.2) is 73.2 Å². The summed E-state index contributed by atoms with van der Waals surface area (Å²) in [7, 11) is 1.69. The zero-order chi connectivity index (χ0) is 27.5. The van der Waals surface area contributed by atoms with Crippen LogP contribution in [0, 0.1) is 13.8 Å². The number of piperazine rings is 1. The lowest BCUT2D eigenvalue weighted by molar-refractivity contribution is 0.0595. The van der Waals surface area contributed by atoms with Crippen LogP contribution in [0.1, 0.15) is 35.3 Å². The van der Waals surface area contributed by atoms with Crippen LogP contribution in [0.3, 0.4) is 0 Å². The smallest absolute Gasteiger partial charge is 0.253 e. The molecule has 1 saturated heterocycles. The predicted molar refractivity (Wildman–Crippen MR) is 157 cm³/mol. The third kappa shape index (κ3) is 5.71. The Balaban J connectivity index is 1.34. The third-order valence-electron chi connectivity index (χ3n) is 7.54. The Morgan fingerprint density at radius 1 is 0.821 bits per heavy atom. The number of ether oxygens (including phenoxy) is 1. The summed E-state index contributed by atoms with van der Waals surface area (Å²) in [5.41, 5.74) is 8.89. The number of aromatic nitrogens is 2. The average Bonchev–Trinajstić information content (AvgIpc) is 2.96. The molecule has 1 aliphatic heterocycles. The largest absolute Gasteiger partial charge is 0.496 e. The van der Waals surface area contributed by atoms with Gasteiger partial charge in [0, 0.05) is 73.1 Å². The maximum absolute atomic E-state index is 13.1. The second kappa shape index (κ2) is 11.4. The Bertz CT molecular complexity index is 1470. The van der Waals surface area contributed by atoms with Gasteiger partial charge in [-0.2, -0.15) is 0 Å². The first kappa shape index (κ1) is 26.6. The molecule has 200 valence electrons. The summed E-state index contributed by atoms with van der Waals surface area (Å²) in [6, 6.07) is 18.8. The first-order valence-electron chi connectivity index (χ1n) is 13.5. The molecule has 1 amide bonds. The van der Waals surface area contributed by atoms with E-state index in [4.69, 9.17) is 9.72 Å². The van der Waals surface area contributed by atoms with E-state index < -0.39 is 0 Å². The fraction of sp³-hybridized carbons (Fsp3) is 0.303. The molecule has 2 aromatic heterocycles. The van der Waals surface area contributed by atoms with Gasteiger partial charge in [-0.05, 0) is 86.3 Å². The molecule has 6 heteroatoms. The highest BCUT2D eigenvalue weighted by atomic mass is 16.5. The quantitative estimate of drug-likeness (QED) is 0.300. The van der Waals surface area contributed by atoms with E-state index >= 15 is 0 Å². The van der Waals surface area contributed by atoms with Crippen LogP contribution in [-0.2, 0) is 0 Å². The monoisotopic (exact) mass is 520 g/mol. The Hall–Kier alpha value is -4.03. The normalized spacial score (nSPS) is 14.1. The lowest BCUT2D eigenvalue weighted by Crippen LogP contribution is -2.50. The van der Waals surface area contributed by atoms with Gasteiger partial charge in [0.05, 0.1) is 12.8 Å². The van der Waals surface area contributed by atoms with E-state index in [2.05, 4.69) is 54.9 Å². The molecule has 0 spiro atoms. The minimum Gasteiger partial charge on any atom is -0.496 e. The van der Waals surface area contributed by atoms with Crippen LogP contribution in [0.2, 0.25) is 0 Å². The third-order valence-corrected chi connectivity index (χ3v) is 7.54. The van der Waals surface area contributed by atoms with Crippen molar-refractivity contribution in [1.82, 2.24) is 19.8 Å². The zero-order valence-corrected chi connectivity index (χ0v) is 23.4. The van der Waals surface area contributed by atoms with Crippen molar-refractivity contribution >= 4 is 5.91 Å². The number of pyridine rings is 2. The Labute approximate surface area is 231 Å². The van der Waals surface area contributed by atoms with Crippen molar-refractivity contribution in [3.63, 3.8) is 0 Å². The molecular weight excluding hydrogens is 484 g/mol. The summed E-state index contributed by atoms with van der Waals surface area (Å²) < 4.78 is 5.77. The number of benzene rings is 2. The number of carbonyl (C=O) groups is 1. The molecule has 1 aliphatic rings. The summed E-state index contributed by atoms with van der Waals surface area (Å²) in [6.45, 7) is 11.9. The van der Waals surface area contributed by atoms with Crippen LogP contribution in [0.5, 0.6) is 5.75 Å². The van der Waals surface area contributed by atoms with Crippen molar-refractivity contribution in [3.8, 4) is 39.3 Å². The van der Waals surface area contributed by atoms with Gasteiger partial charge in [0.25, 0.3) is 5.91 Å². The minimum absolute atomic E-state index is 0.103. The molecule has 5 rings (SSSR count). The van der Waals surface area contributed by atoms with Crippen LogP contribution in [0.4, 0.5) is 0 Å². The number of hydrogen-bond acceptors (Lipinski definition) is 5. The average molecular weight is 521 g/mol. The van der Waals surface area contributed by atoms with Crippen molar-refractivity contribution in [1.29, 1.82) is 0 Å². The maximum Gasteiger partial charge on any atom is 0.253 e. The van der Waals surface area contributed by atoms with Crippen molar-refractivity contribution in [2.75, 3.05) is 33.3 Å². The summed E-state index contributed by atoms with van der Waals surface area (Å²) >= 11 is 0. The van der Waals surface area contributed by atoms with Crippen molar-refractivity contribution in [2.24, 2.45) is 0 Å². The molecule has 0 aliphatic carbocycles. The van der Waals surface area contributed by atoms with Gasteiger partial charge in [0.15, 0.2) is 0 Å². The lowest BCUT2D eigenvalue weighted by Gasteiger charge is -2.37. The van der Waals surface area contributed by atoms with Crippen LogP contribution < -0.4 is 4.74 Å². The van der Waals surface area contributed by atoms with Crippen molar-refractivity contribution < 1.29 is 9.53 Å². The van der Waals surface area contributed by atoms with Gasteiger partial charge in [-0.3, -0.25) is 19.7 Å². The molecule has 39 heavy (non-hydrogen) atoms. The van der Waals surface area contributed by atoms with Gasteiger partial charge >= 0.3 is 0 Å². The SMILES string of the molecule is COc1cc(-c2cncc(C)c2)ccc1-c1ncc(-c2ccc(C(=O)N3CCN(C(C)C)CC3)cc2)cc1C. The van der Waals surface area contributed by atoms with Crippen LogP contribution >= 0.6 is 0 Å². The van der Waals surface area contributed by atoms with Crippen LogP contribution in [-0.4, -0.2) is 65.0 Å². The minimum atomic E-state index is 0.103. The van der Waals surface area contributed by atoms with E-state index in [9.17, 15) is 4.79 Å². The molecule has 0 saturated carbocycles. The Kier molecular flexibility index (Phi) is 7.75. The van der Waals surface area contributed by atoms with E-state index in [-0.39, 0.29) is 5.91 Å². The van der Waals surface area contributed by atoms with E-state index in [1.165, 1.54) is 0 Å². The summed E-state index contributed by atoms with van der Waals surface area (Å²) in [6.07, 6.45) is 5.61. The molecule has 2 aromatic carbocycles. The van der Waals surface area contributed by atoms with Crippen molar-refractivity contribution in [3.05, 3.63) is 89.9 Å². The highest BCUT2D eigenvalue weighted by Crippen LogP contribution is 2.36. The first-order chi connectivity index (χ1) is 18.8. The van der Waals surface area contributed by atoms with Gasteiger partial charge in [0.1, 0.15) is 5.75 Å². The Morgan fingerprint density at radius 2 is 1.51 bits per heavy atom. The fourth-order valence-corrected chi connectivity index (χ4v) is 5.22. The molecule has 4 aromatic rings. The molecule has 0 N–H and O–H groups in total. The van der Waals surface area contributed by atoms with Crippen molar-refractivity contribution in [2.45, 2.75) is 33.7 Å². The first-order valence-corrected chi connectivity index (χ1v) is 13.5. The predicted octanol–water partition coefficient (Wildman–Crippen LogP) is 6.27. The van der Waals surface area contributed by atoms with Crippen LogP contribution in [0.25, 0.3) is 33.5 Å². The highest BCUT2D eigenvalue weighted by molar-refractivity contribution is 5.94. The topological polar surface area (TPSA) is 58.6 Å². The molecular formula is C33H36N4O2. The molecule has 0 radical (unpaired) electrons. The number of rotatable bonds is 6. The van der Waals surface area contributed by atoms with Gasteiger partial charge < -0.3 is 9.64 Å². The Morgan fingerprint density at radius 3 is 2.15 bits per heavy atom. The maximum atomic E-state index is 13.1. The van der Waals surface area contributed by atoms with Gasteiger partial charge in [-0.1, -0.05) is 18.2 Å². The number of hydrogen-bond donors (Lipinski definition) is 0. The molecule has 0 unspecified atom stereocenters. The standard InChI is InChI=1S/C33H36N4O2/c1-22(2)36-12-14-37(15-13-36)33(38)26-8-6-25(7-9-26)29-17-24(4)32(35-21-29)30-11-10-27(18-31(30)39-5)28-16-23(3)19-34-20-28/h6-11,16-22H,12-15H2,1-5H3. The number of amides is 1. The molecule has 1 fully saturated rings. The van der Waals surface area contributed by atoms with E-state index in [1.807, 2.05) is 60.7 Å². The summed E-state index contributed by atoms with van der Waals surface area (Å²) in [5, 5.41) is 0. The lowest BCUT2D eigenvalue weighted by atomic mass is 9.98. The van der Waals surface area contributed by atoms with Gasteiger partial charge in [0.2, 0.25) is 0 Å². The zero-order valence-electron chi connectivity index (χ0n) is 23.4. The summed E-state index contributed by atoms with van der Waals surface area (Å²) in [4.78, 5) is 26.6. The molecule has 3 heterocycles. The highest BCUT2D eigenvalue weighted by Gasteiger charge is 2.23. The number of aryl methyl sites for hydroxylation is 2. The second-order valence-electron chi connectivity index (χ2n) is 10.6. The van der Waals surface area contributed by atoms with Gasteiger partial charge in [-0.15, -0.1) is 0 Å². The number of methoxy groups -OCH3 is 1.